The van der Waals surface area contributed by atoms with Crippen molar-refractivity contribution < 1.29 is 17.9 Å². The summed E-state index contributed by atoms with van der Waals surface area (Å²) in [6.45, 7) is 5.29. The molecular formula is C18H23F3N2O. The molecule has 0 radical (unpaired) electrons. The monoisotopic (exact) mass is 340 g/mol. The lowest BCUT2D eigenvalue weighted by molar-refractivity contribution is 0.183. The van der Waals surface area contributed by atoms with Gasteiger partial charge in [0.05, 0.1) is 5.69 Å². The maximum atomic E-state index is 13.7. The minimum Gasteiger partial charge on any atom is -0.473 e. The number of rotatable bonds is 8. The Balaban J connectivity index is 2.13. The van der Waals surface area contributed by atoms with Gasteiger partial charge < -0.3 is 4.74 Å². The van der Waals surface area contributed by atoms with Gasteiger partial charge in [-0.15, -0.1) is 0 Å². The van der Waals surface area contributed by atoms with E-state index in [1.165, 1.54) is 13.8 Å². The zero-order valence-corrected chi connectivity index (χ0v) is 14.3. The van der Waals surface area contributed by atoms with Crippen LogP contribution in [0.2, 0.25) is 0 Å². The van der Waals surface area contributed by atoms with Crippen molar-refractivity contribution in [3.63, 3.8) is 0 Å². The third-order valence-electron chi connectivity index (χ3n) is 3.60. The number of halogens is 3. The van der Waals surface area contributed by atoms with Gasteiger partial charge in [-0.1, -0.05) is 13.3 Å². The molecule has 0 unspecified atom stereocenters. The number of alkyl halides is 1. The van der Waals surface area contributed by atoms with Crippen LogP contribution in [-0.4, -0.2) is 15.4 Å². The molecule has 1 aromatic carbocycles. The van der Waals surface area contributed by atoms with E-state index < -0.39 is 17.3 Å². The molecule has 6 heteroatoms. The Morgan fingerprint density at radius 3 is 2.62 bits per heavy atom. The fourth-order valence-electron chi connectivity index (χ4n) is 2.28. The second-order valence-electron chi connectivity index (χ2n) is 6.44. The second kappa shape index (κ2) is 7.73. The number of ether oxygens (including phenoxy) is 1. The molecule has 1 aromatic heterocycles. The summed E-state index contributed by atoms with van der Waals surface area (Å²) >= 11 is 0. The second-order valence-corrected chi connectivity index (χ2v) is 6.44. The SMILES string of the molecule is CCCc1cc(OCc2cc(F)ccc2F)n(CCC(C)(C)F)n1. The van der Waals surface area contributed by atoms with Crippen molar-refractivity contribution in [1.29, 1.82) is 0 Å². The third-order valence-corrected chi connectivity index (χ3v) is 3.60. The Morgan fingerprint density at radius 1 is 1.21 bits per heavy atom. The lowest BCUT2D eigenvalue weighted by Gasteiger charge is -2.15. The van der Waals surface area contributed by atoms with Gasteiger partial charge in [-0.3, -0.25) is 0 Å². The van der Waals surface area contributed by atoms with Crippen molar-refractivity contribution in [1.82, 2.24) is 9.78 Å². The number of hydrogen-bond acceptors (Lipinski definition) is 2. The van der Waals surface area contributed by atoms with Gasteiger partial charge in [-0.2, -0.15) is 5.10 Å². The van der Waals surface area contributed by atoms with E-state index in [4.69, 9.17) is 4.74 Å². The molecule has 132 valence electrons. The Labute approximate surface area is 140 Å². The molecule has 0 atom stereocenters. The summed E-state index contributed by atoms with van der Waals surface area (Å²) in [6.07, 6.45) is 1.98. The predicted octanol–water partition coefficient (Wildman–Crippen LogP) is 4.83. The first-order valence-electron chi connectivity index (χ1n) is 8.11. The van der Waals surface area contributed by atoms with Crippen LogP contribution >= 0.6 is 0 Å². The van der Waals surface area contributed by atoms with E-state index in [0.717, 1.165) is 36.7 Å². The first kappa shape index (κ1) is 18.4. The quantitative estimate of drug-likeness (QED) is 0.688. The Morgan fingerprint density at radius 2 is 1.96 bits per heavy atom. The average Bonchev–Trinajstić information content (AvgIpc) is 2.88. The highest BCUT2D eigenvalue weighted by atomic mass is 19.1. The number of aryl methyl sites for hydroxylation is 2. The molecule has 0 bridgehead atoms. The van der Waals surface area contributed by atoms with Crippen molar-refractivity contribution in [3.05, 3.63) is 47.2 Å². The third kappa shape index (κ3) is 5.28. The molecule has 0 aliphatic rings. The summed E-state index contributed by atoms with van der Waals surface area (Å²) in [5, 5.41) is 4.41. The highest BCUT2D eigenvalue weighted by molar-refractivity contribution is 5.20. The molecule has 2 rings (SSSR count). The highest BCUT2D eigenvalue weighted by Gasteiger charge is 2.18. The van der Waals surface area contributed by atoms with Gasteiger partial charge in [-0.05, 0) is 38.5 Å². The maximum absolute atomic E-state index is 13.7. The molecule has 0 N–H and O–H groups in total. The predicted molar refractivity (Wildman–Crippen MR) is 86.7 cm³/mol. The maximum Gasteiger partial charge on any atom is 0.212 e. The van der Waals surface area contributed by atoms with E-state index in [-0.39, 0.29) is 18.6 Å². The van der Waals surface area contributed by atoms with Gasteiger partial charge in [0.15, 0.2) is 0 Å². The van der Waals surface area contributed by atoms with E-state index in [9.17, 15) is 13.2 Å². The number of hydrogen-bond donors (Lipinski definition) is 0. The Bertz CT molecular complexity index is 677. The zero-order chi connectivity index (χ0) is 17.7. The summed E-state index contributed by atoms with van der Waals surface area (Å²) in [5.74, 6) is -0.609. The summed E-state index contributed by atoms with van der Waals surface area (Å²) < 4.78 is 47.9. The Kier molecular flexibility index (Phi) is 5.91. The lowest BCUT2D eigenvalue weighted by atomic mass is 10.1. The van der Waals surface area contributed by atoms with E-state index in [0.29, 0.717) is 12.4 Å². The largest absolute Gasteiger partial charge is 0.473 e. The van der Waals surface area contributed by atoms with E-state index in [1.54, 1.807) is 10.7 Å². The molecule has 0 saturated carbocycles. The van der Waals surface area contributed by atoms with Crippen LogP contribution in [0.1, 0.15) is 44.9 Å². The summed E-state index contributed by atoms with van der Waals surface area (Å²) in [7, 11) is 0. The van der Waals surface area contributed by atoms with Crippen molar-refractivity contribution in [3.8, 4) is 5.88 Å². The van der Waals surface area contributed by atoms with Crippen LogP contribution in [0.4, 0.5) is 13.2 Å². The fraction of sp³-hybridized carbons (Fsp3) is 0.500. The van der Waals surface area contributed by atoms with Gasteiger partial charge >= 0.3 is 0 Å². The fourth-order valence-corrected chi connectivity index (χ4v) is 2.28. The van der Waals surface area contributed by atoms with Crippen molar-refractivity contribution in [2.45, 2.75) is 58.9 Å². The first-order valence-corrected chi connectivity index (χ1v) is 8.11. The topological polar surface area (TPSA) is 27.1 Å². The van der Waals surface area contributed by atoms with Gasteiger partial charge in [0.2, 0.25) is 5.88 Å². The lowest BCUT2D eigenvalue weighted by Crippen LogP contribution is -2.17. The van der Waals surface area contributed by atoms with Crippen LogP contribution in [0.25, 0.3) is 0 Å². The van der Waals surface area contributed by atoms with E-state index >= 15 is 0 Å². The molecule has 3 nitrogen and oxygen atoms in total. The van der Waals surface area contributed by atoms with Crippen molar-refractivity contribution in [2.24, 2.45) is 0 Å². The summed E-state index contributed by atoms with van der Waals surface area (Å²) in [5.41, 5.74) is -0.350. The van der Waals surface area contributed by atoms with Crippen LogP contribution in [0.3, 0.4) is 0 Å². The van der Waals surface area contributed by atoms with Crippen LogP contribution in [0.5, 0.6) is 5.88 Å². The van der Waals surface area contributed by atoms with Crippen LogP contribution in [-0.2, 0) is 19.6 Å². The van der Waals surface area contributed by atoms with Crippen molar-refractivity contribution >= 4 is 0 Å². The number of benzene rings is 1. The zero-order valence-electron chi connectivity index (χ0n) is 14.3. The van der Waals surface area contributed by atoms with Gasteiger partial charge in [0.25, 0.3) is 0 Å². The molecule has 1 heterocycles. The summed E-state index contributed by atoms with van der Waals surface area (Å²) in [4.78, 5) is 0. The summed E-state index contributed by atoms with van der Waals surface area (Å²) in [6, 6.07) is 5.00. The Hall–Kier alpha value is -1.98. The van der Waals surface area contributed by atoms with E-state index in [1.807, 2.05) is 6.92 Å². The normalized spacial score (nSPS) is 11.8. The van der Waals surface area contributed by atoms with Crippen LogP contribution < -0.4 is 4.74 Å². The molecule has 24 heavy (non-hydrogen) atoms. The smallest absolute Gasteiger partial charge is 0.212 e. The highest BCUT2D eigenvalue weighted by Crippen LogP contribution is 2.21. The molecular weight excluding hydrogens is 317 g/mol. The minimum absolute atomic E-state index is 0.111. The van der Waals surface area contributed by atoms with Crippen molar-refractivity contribution in [2.75, 3.05) is 0 Å². The van der Waals surface area contributed by atoms with Gasteiger partial charge in [-0.25, -0.2) is 17.9 Å². The molecule has 0 spiro atoms. The average molecular weight is 340 g/mol. The molecule has 0 saturated heterocycles. The number of aromatic nitrogens is 2. The molecule has 2 aromatic rings. The molecule has 0 amide bonds. The first-order chi connectivity index (χ1) is 11.3. The standard InChI is InChI=1S/C18H23F3N2O/c1-4-5-15-11-17(23(22-15)9-8-18(2,3)21)24-12-13-10-14(19)6-7-16(13)20/h6-7,10-11H,4-5,8-9,12H2,1-3H3. The van der Waals surface area contributed by atoms with E-state index in [2.05, 4.69) is 5.10 Å². The molecule has 0 aliphatic carbocycles. The van der Waals surface area contributed by atoms with Crippen LogP contribution in [0, 0.1) is 11.6 Å². The van der Waals surface area contributed by atoms with Gasteiger partial charge in [0, 0.05) is 24.6 Å². The minimum atomic E-state index is -1.32. The van der Waals surface area contributed by atoms with Crippen LogP contribution in [0.15, 0.2) is 24.3 Å². The molecule has 0 aliphatic heterocycles. The molecule has 0 fully saturated rings. The van der Waals surface area contributed by atoms with Gasteiger partial charge in [0.1, 0.15) is 23.9 Å². The number of nitrogens with zero attached hydrogens (tertiary/aromatic N) is 2.